The molecule has 0 atom stereocenters. The summed E-state index contributed by atoms with van der Waals surface area (Å²) in [5.41, 5.74) is 7.50. The highest BCUT2D eigenvalue weighted by molar-refractivity contribution is 6.05. The van der Waals surface area contributed by atoms with E-state index in [0.29, 0.717) is 24.4 Å². The van der Waals surface area contributed by atoms with Crippen LogP contribution in [-0.4, -0.2) is 28.8 Å². The smallest absolute Gasteiger partial charge is 0.259 e. The maximum Gasteiger partial charge on any atom is 0.259 e. The zero-order valence-corrected chi connectivity index (χ0v) is 14.8. The van der Waals surface area contributed by atoms with E-state index < -0.39 is 0 Å². The van der Waals surface area contributed by atoms with Crippen molar-refractivity contribution in [3.63, 3.8) is 0 Å². The molecule has 1 heterocycles. The Balaban J connectivity index is 2.14. The van der Waals surface area contributed by atoms with Gasteiger partial charge in [0.25, 0.3) is 5.91 Å². The Morgan fingerprint density at radius 3 is 2.50 bits per heavy atom. The van der Waals surface area contributed by atoms with Crippen molar-refractivity contribution in [3.8, 4) is 5.75 Å². The van der Waals surface area contributed by atoms with E-state index in [9.17, 15) is 4.79 Å². The van der Waals surface area contributed by atoms with E-state index >= 15 is 0 Å². The van der Waals surface area contributed by atoms with Crippen LogP contribution in [0.2, 0.25) is 0 Å². The molecular formula is C18H26N4O2. The van der Waals surface area contributed by atoms with Gasteiger partial charge >= 0.3 is 0 Å². The lowest BCUT2D eigenvalue weighted by atomic mass is 10.1. The second kappa shape index (κ2) is 7.49. The summed E-state index contributed by atoms with van der Waals surface area (Å²) in [6.07, 6.45) is 2.38. The minimum Gasteiger partial charge on any atom is -0.492 e. The second-order valence-electron chi connectivity index (χ2n) is 6.56. The third-order valence-corrected chi connectivity index (χ3v) is 3.58. The number of carbonyl (C=O) groups excluding carboxylic acids is 1. The van der Waals surface area contributed by atoms with E-state index in [0.717, 1.165) is 17.9 Å². The second-order valence-corrected chi connectivity index (χ2v) is 6.56. The number of anilines is 1. The number of hydrogen-bond acceptors (Lipinski definition) is 4. The van der Waals surface area contributed by atoms with E-state index in [1.807, 2.05) is 35.9 Å². The first-order valence-electron chi connectivity index (χ1n) is 8.18. The zero-order valence-electron chi connectivity index (χ0n) is 14.8. The Morgan fingerprint density at radius 1 is 1.29 bits per heavy atom. The Kier molecular flexibility index (Phi) is 5.62. The van der Waals surface area contributed by atoms with Gasteiger partial charge in [0.2, 0.25) is 0 Å². The highest BCUT2D eigenvalue weighted by Crippen LogP contribution is 2.21. The molecule has 1 aromatic carbocycles. The van der Waals surface area contributed by atoms with Gasteiger partial charge in [-0.15, -0.1) is 0 Å². The molecule has 2 aromatic rings. The number of rotatable bonds is 6. The fourth-order valence-electron chi connectivity index (χ4n) is 2.49. The minimum atomic E-state index is -0.161. The van der Waals surface area contributed by atoms with E-state index in [1.54, 1.807) is 6.20 Å². The predicted molar refractivity (Wildman–Crippen MR) is 95.5 cm³/mol. The molecule has 1 aromatic heterocycles. The lowest BCUT2D eigenvalue weighted by molar-refractivity contribution is 0.102. The number of hydrogen-bond donors (Lipinski definition) is 2. The molecule has 0 bridgehead atoms. The summed E-state index contributed by atoms with van der Waals surface area (Å²) < 4.78 is 7.33. The molecule has 3 N–H and O–H groups in total. The molecule has 6 heteroatoms. The first kappa shape index (κ1) is 18.0. The molecule has 0 unspecified atom stereocenters. The number of nitrogens with two attached hydrogens (primary N) is 1. The molecule has 0 aliphatic rings. The van der Waals surface area contributed by atoms with Crippen LogP contribution in [0, 0.1) is 0 Å². The van der Waals surface area contributed by atoms with Gasteiger partial charge in [-0.2, -0.15) is 5.10 Å². The average molecular weight is 330 g/mol. The molecule has 130 valence electrons. The van der Waals surface area contributed by atoms with Gasteiger partial charge in [0, 0.05) is 12.2 Å². The summed E-state index contributed by atoms with van der Waals surface area (Å²) in [7, 11) is 0. The molecular weight excluding hydrogens is 304 g/mol. The molecule has 0 radical (unpaired) electrons. The van der Waals surface area contributed by atoms with Crippen molar-refractivity contribution in [2.75, 3.05) is 18.5 Å². The number of aromatic nitrogens is 2. The van der Waals surface area contributed by atoms with Crippen LogP contribution in [-0.2, 0) is 12.0 Å². The number of benzene rings is 1. The molecule has 0 aliphatic carbocycles. The summed E-state index contributed by atoms with van der Waals surface area (Å²) in [5.74, 6) is 0.575. The molecule has 0 aliphatic heterocycles. The van der Waals surface area contributed by atoms with Crippen LogP contribution < -0.4 is 15.8 Å². The summed E-state index contributed by atoms with van der Waals surface area (Å²) >= 11 is 0. The molecule has 0 saturated heterocycles. The maximum atomic E-state index is 12.6. The minimum absolute atomic E-state index is 0.155. The van der Waals surface area contributed by atoms with Crippen molar-refractivity contribution in [1.82, 2.24) is 9.78 Å². The summed E-state index contributed by atoms with van der Waals surface area (Å²) in [6.45, 7) is 9.18. The van der Waals surface area contributed by atoms with Crippen molar-refractivity contribution in [2.24, 2.45) is 5.73 Å². The Hall–Kier alpha value is -2.34. The van der Waals surface area contributed by atoms with Gasteiger partial charge in [-0.05, 0) is 51.5 Å². The van der Waals surface area contributed by atoms with Gasteiger partial charge in [-0.25, -0.2) is 0 Å². The summed E-state index contributed by atoms with van der Waals surface area (Å²) in [5, 5.41) is 7.30. The molecule has 24 heavy (non-hydrogen) atoms. The van der Waals surface area contributed by atoms with E-state index in [4.69, 9.17) is 10.5 Å². The molecule has 0 spiro atoms. The standard InChI is InChI=1S/C18H26N4O2/c1-5-16-15(12-20-22(16)18(2,3)4)17(23)21-13-6-8-14(9-7-13)24-11-10-19/h6-9,12H,5,10-11,19H2,1-4H3,(H,21,23). The van der Waals surface area contributed by atoms with Crippen LogP contribution in [0.4, 0.5) is 5.69 Å². The fourth-order valence-corrected chi connectivity index (χ4v) is 2.49. The Labute approximate surface area is 143 Å². The lowest BCUT2D eigenvalue weighted by Gasteiger charge is -2.22. The SMILES string of the molecule is CCc1c(C(=O)Nc2ccc(OCCN)cc2)cnn1C(C)(C)C. The van der Waals surface area contributed by atoms with E-state index in [2.05, 4.69) is 31.2 Å². The third-order valence-electron chi connectivity index (χ3n) is 3.58. The molecule has 0 fully saturated rings. The van der Waals surface area contributed by atoms with E-state index in [-0.39, 0.29) is 11.4 Å². The van der Waals surface area contributed by atoms with Crippen molar-refractivity contribution < 1.29 is 9.53 Å². The fraction of sp³-hybridized carbons (Fsp3) is 0.444. The van der Waals surface area contributed by atoms with Gasteiger partial charge in [0.05, 0.1) is 23.0 Å². The van der Waals surface area contributed by atoms with Gasteiger partial charge in [-0.3, -0.25) is 9.48 Å². The highest BCUT2D eigenvalue weighted by Gasteiger charge is 2.23. The van der Waals surface area contributed by atoms with Gasteiger partial charge in [0.15, 0.2) is 0 Å². The summed E-state index contributed by atoms with van der Waals surface area (Å²) in [4.78, 5) is 12.6. The quantitative estimate of drug-likeness (QED) is 0.853. The van der Waals surface area contributed by atoms with Crippen molar-refractivity contribution in [1.29, 1.82) is 0 Å². The molecule has 2 rings (SSSR count). The summed E-state index contributed by atoms with van der Waals surface area (Å²) in [6, 6.07) is 7.24. The van der Waals surface area contributed by atoms with Crippen LogP contribution in [0.5, 0.6) is 5.75 Å². The lowest BCUT2D eigenvalue weighted by Crippen LogP contribution is -2.26. The van der Waals surface area contributed by atoms with Crippen molar-refractivity contribution >= 4 is 11.6 Å². The predicted octanol–water partition coefficient (Wildman–Crippen LogP) is 2.79. The highest BCUT2D eigenvalue weighted by atomic mass is 16.5. The number of nitrogens with one attached hydrogen (secondary N) is 1. The van der Waals surface area contributed by atoms with Crippen LogP contribution >= 0.6 is 0 Å². The first-order chi connectivity index (χ1) is 11.4. The number of ether oxygens (including phenoxy) is 1. The number of nitrogens with zero attached hydrogens (tertiary/aromatic N) is 2. The number of carbonyl (C=O) groups is 1. The van der Waals surface area contributed by atoms with Crippen LogP contribution in [0.1, 0.15) is 43.7 Å². The average Bonchev–Trinajstić information content (AvgIpc) is 2.98. The zero-order chi connectivity index (χ0) is 17.7. The Bertz CT molecular complexity index is 684. The number of amides is 1. The molecule has 6 nitrogen and oxygen atoms in total. The molecule has 1 amide bonds. The van der Waals surface area contributed by atoms with Crippen LogP contribution in [0.3, 0.4) is 0 Å². The Morgan fingerprint density at radius 2 is 1.96 bits per heavy atom. The topological polar surface area (TPSA) is 82.2 Å². The molecule has 0 saturated carbocycles. The normalized spacial score (nSPS) is 11.4. The van der Waals surface area contributed by atoms with Crippen LogP contribution in [0.25, 0.3) is 0 Å². The largest absolute Gasteiger partial charge is 0.492 e. The van der Waals surface area contributed by atoms with Crippen molar-refractivity contribution in [3.05, 3.63) is 41.7 Å². The van der Waals surface area contributed by atoms with Crippen LogP contribution in [0.15, 0.2) is 30.5 Å². The third kappa shape index (κ3) is 4.14. The first-order valence-corrected chi connectivity index (χ1v) is 8.18. The van der Waals surface area contributed by atoms with E-state index in [1.165, 1.54) is 0 Å². The van der Waals surface area contributed by atoms with Crippen molar-refractivity contribution in [2.45, 2.75) is 39.7 Å². The van der Waals surface area contributed by atoms with Gasteiger partial charge < -0.3 is 15.8 Å². The maximum absolute atomic E-state index is 12.6. The monoisotopic (exact) mass is 330 g/mol. The van der Waals surface area contributed by atoms with Gasteiger partial charge in [0.1, 0.15) is 12.4 Å². The van der Waals surface area contributed by atoms with Gasteiger partial charge in [-0.1, -0.05) is 6.92 Å².